The van der Waals surface area contributed by atoms with E-state index in [1.807, 2.05) is 10.3 Å². The van der Waals surface area contributed by atoms with Crippen LogP contribution < -0.4 is 10.6 Å². The van der Waals surface area contributed by atoms with E-state index in [0.29, 0.717) is 18.2 Å². The molecule has 0 bridgehead atoms. The Morgan fingerprint density at radius 2 is 1.85 bits per heavy atom. The van der Waals surface area contributed by atoms with Crippen LogP contribution in [0.3, 0.4) is 0 Å². The van der Waals surface area contributed by atoms with Gasteiger partial charge in [0.05, 0.1) is 5.01 Å². The van der Waals surface area contributed by atoms with Crippen LogP contribution >= 0.6 is 11.3 Å². The molecule has 3 amide bonds. The Kier molecular flexibility index (Phi) is 8.38. The number of thiazole rings is 1. The summed E-state index contributed by atoms with van der Waals surface area (Å²) in [6.45, 7) is 6.81. The van der Waals surface area contributed by atoms with Gasteiger partial charge >= 0.3 is 6.03 Å². The normalized spacial score (nSPS) is 16.8. The number of piperidine rings is 1. The van der Waals surface area contributed by atoms with Crippen molar-refractivity contribution >= 4 is 23.3 Å². The first-order chi connectivity index (χ1) is 16.5. The lowest BCUT2D eigenvalue weighted by Crippen LogP contribution is -2.44. The van der Waals surface area contributed by atoms with Gasteiger partial charge in [-0.2, -0.15) is 0 Å². The summed E-state index contributed by atoms with van der Waals surface area (Å²) < 4.78 is 0. The van der Waals surface area contributed by atoms with Crippen LogP contribution in [0.15, 0.2) is 35.2 Å². The van der Waals surface area contributed by atoms with E-state index in [1.165, 1.54) is 42.4 Å². The van der Waals surface area contributed by atoms with Gasteiger partial charge in [0, 0.05) is 37.5 Å². The first kappa shape index (κ1) is 24.5. The highest BCUT2D eigenvalue weighted by atomic mass is 32.1. The van der Waals surface area contributed by atoms with Crippen LogP contribution in [0, 0.1) is 13.8 Å². The summed E-state index contributed by atoms with van der Waals surface area (Å²) in [5.41, 5.74) is 5.47. The van der Waals surface area contributed by atoms with Crippen molar-refractivity contribution in [1.29, 1.82) is 0 Å². The average Bonchev–Trinajstić information content (AvgIpc) is 3.33. The first-order valence-electron chi connectivity index (χ1n) is 12.5. The number of nitrogens with one attached hydrogen (secondary N) is 2. The van der Waals surface area contributed by atoms with Crippen molar-refractivity contribution in [3.8, 4) is 0 Å². The largest absolute Gasteiger partial charge is 0.347 e. The average molecular weight is 481 g/mol. The molecule has 2 aromatic rings. The predicted octanol–water partition coefficient (Wildman–Crippen LogP) is 5.47. The minimum atomic E-state index is -0.133. The fourth-order valence-electron chi connectivity index (χ4n) is 4.93. The molecule has 1 aromatic heterocycles. The molecule has 1 aromatic carbocycles. The number of amides is 3. The number of hydrogen-bond donors (Lipinski definition) is 2. The van der Waals surface area contributed by atoms with Gasteiger partial charge in [-0.15, -0.1) is 11.3 Å². The number of hydrogen-bond acceptors (Lipinski definition) is 4. The molecule has 1 fully saturated rings. The highest BCUT2D eigenvalue weighted by Gasteiger charge is 2.26. The lowest BCUT2D eigenvalue weighted by atomic mass is 9.97. The van der Waals surface area contributed by atoms with Gasteiger partial charge in [-0.1, -0.05) is 41.0 Å². The smallest absolute Gasteiger partial charge is 0.317 e. The summed E-state index contributed by atoms with van der Waals surface area (Å²) in [5, 5.41) is 8.93. The van der Waals surface area contributed by atoms with E-state index in [-0.39, 0.29) is 11.9 Å². The van der Waals surface area contributed by atoms with E-state index < -0.39 is 0 Å². The quantitative estimate of drug-likeness (QED) is 0.516. The molecule has 182 valence electrons. The molecule has 0 atom stereocenters. The van der Waals surface area contributed by atoms with Crippen molar-refractivity contribution in [1.82, 2.24) is 20.5 Å². The number of allylic oxidation sites excluding steroid dienone is 1. The van der Waals surface area contributed by atoms with E-state index >= 15 is 0 Å². The highest BCUT2D eigenvalue weighted by molar-refractivity contribution is 7.09. The zero-order chi connectivity index (χ0) is 23.9. The van der Waals surface area contributed by atoms with E-state index in [9.17, 15) is 9.59 Å². The Morgan fingerprint density at radius 1 is 1.09 bits per heavy atom. The van der Waals surface area contributed by atoms with Crippen molar-refractivity contribution in [3.63, 3.8) is 0 Å². The van der Waals surface area contributed by atoms with Crippen molar-refractivity contribution in [3.05, 3.63) is 62.6 Å². The molecule has 0 unspecified atom stereocenters. The fraction of sp³-hybridized carbons (Fsp3) is 0.519. The van der Waals surface area contributed by atoms with Crippen LogP contribution in [0.1, 0.15) is 83.1 Å². The molecule has 0 saturated carbocycles. The molecular formula is C27H36N4O2S. The van der Waals surface area contributed by atoms with Crippen LogP contribution in [0.25, 0.3) is 0 Å². The number of carbonyl (C=O) groups excluding carboxylic acids is 2. The van der Waals surface area contributed by atoms with Crippen LogP contribution in [0.4, 0.5) is 4.79 Å². The van der Waals surface area contributed by atoms with Crippen LogP contribution in [-0.2, 0) is 6.54 Å². The Morgan fingerprint density at radius 3 is 2.56 bits per heavy atom. The summed E-state index contributed by atoms with van der Waals surface area (Å²) in [6.07, 6.45) is 10.0. The lowest BCUT2D eigenvalue weighted by Gasteiger charge is -2.31. The van der Waals surface area contributed by atoms with Gasteiger partial charge in [0.25, 0.3) is 5.91 Å². The minimum Gasteiger partial charge on any atom is -0.347 e. The van der Waals surface area contributed by atoms with Crippen LogP contribution in [-0.4, -0.2) is 41.5 Å². The first-order valence-corrected chi connectivity index (χ1v) is 13.4. The Labute approximate surface area is 206 Å². The highest BCUT2D eigenvalue weighted by Crippen LogP contribution is 2.30. The summed E-state index contributed by atoms with van der Waals surface area (Å²) in [4.78, 5) is 31.7. The number of benzene rings is 1. The van der Waals surface area contributed by atoms with E-state index in [1.54, 1.807) is 11.3 Å². The zero-order valence-electron chi connectivity index (χ0n) is 20.4. The van der Waals surface area contributed by atoms with Crippen LogP contribution in [0.2, 0.25) is 0 Å². The molecule has 1 aliphatic carbocycles. The third-order valence-electron chi connectivity index (χ3n) is 6.73. The molecule has 2 aliphatic rings. The summed E-state index contributed by atoms with van der Waals surface area (Å²) >= 11 is 1.55. The Balaban J connectivity index is 1.21. The van der Waals surface area contributed by atoms with Gasteiger partial charge in [-0.3, -0.25) is 4.79 Å². The molecule has 7 heteroatoms. The minimum absolute atomic E-state index is 0.0421. The molecule has 4 rings (SSSR count). The molecule has 0 spiro atoms. The molecule has 6 nitrogen and oxygen atoms in total. The second kappa shape index (κ2) is 11.6. The number of carbonyl (C=O) groups is 2. The van der Waals surface area contributed by atoms with E-state index in [4.69, 9.17) is 0 Å². The van der Waals surface area contributed by atoms with Gasteiger partial charge < -0.3 is 15.5 Å². The van der Waals surface area contributed by atoms with E-state index in [2.05, 4.69) is 53.7 Å². The summed E-state index contributed by atoms with van der Waals surface area (Å²) in [5.74, 6) is 0.175. The van der Waals surface area contributed by atoms with Crippen molar-refractivity contribution in [2.24, 2.45) is 0 Å². The maximum Gasteiger partial charge on any atom is 0.317 e. The summed E-state index contributed by atoms with van der Waals surface area (Å²) in [6, 6.07) is 6.36. The molecule has 0 radical (unpaired) electrons. The zero-order valence-corrected chi connectivity index (χ0v) is 21.2. The maximum atomic E-state index is 12.6. The van der Waals surface area contributed by atoms with Gasteiger partial charge in [0.2, 0.25) is 0 Å². The maximum absolute atomic E-state index is 12.6. The number of urea groups is 1. The van der Waals surface area contributed by atoms with Crippen LogP contribution in [0.5, 0.6) is 0 Å². The molecule has 1 aliphatic heterocycles. The number of aryl methyl sites for hydroxylation is 2. The standard InChI is InChI=1S/C27H36N4O2S/c1-19-14-20(2)16-22(15-19)17-29-25(32)24-18-34-26(30-24)23-9-12-31(13-10-23)27(33)28-11-8-21-6-4-3-5-7-21/h6,14-16,18,23H,3-5,7-13,17H2,1-2H3,(H,28,33)(H,29,32). The molecular weight excluding hydrogens is 444 g/mol. The Hall–Kier alpha value is -2.67. The second-order valence-electron chi connectivity index (χ2n) is 9.60. The number of rotatable bonds is 7. The topological polar surface area (TPSA) is 74.3 Å². The molecule has 34 heavy (non-hydrogen) atoms. The number of likely N-dealkylation sites (tertiary alicyclic amines) is 1. The fourth-order valence-corrected chi connectivity index (χ4v) is 5.90. The van der Waals surface area contributed by atoms with Gasteiger partial charge in [-0.05, 0) is 64.4 Å². The van der Waals surface area contributed by atoms with Gasteiger partial charge in [0.15, 0.2) is 0 Å². The number of nitrogens with zero attached hydrogens (tertiary/aromatic N) is 2. The lowest BCUT2D eigenvalue weighted by molar-refractivity contribution is 0.0946. The molecule has 1 saturated heterocycles. The summed E-state index contributed by atoms with van der Waals surface area (Å²) in [7, 11) is 0. The third kappa shape index (κ3) is 6.69. The van der Waals surface area contributed by atoms with Crippen molar-refractivity contribution in [2.45, 2.75) is 71.3 Å². The monoisotopic (exact) mass is 480 g/mol. The van der Waals surface area contributed by atoms with Gasteiger partial charge in [0.1, 0.15) is 5.69 Å². The van der Waals surface area contributed by atoms with Crippen molar-refractivity contribution in [2.75, 3.05) is 19.6 Å². The predicted molar refractivity (Wildman–Crippen MR) is 137 cm³/mol. The molecule has 2 N–H and O–H groups in total. The van der Waals surface area contributed by atoms with Gasteiger partial charge in [-0.25, -0.2) is 9.78 Å². The third-order valence-corrected chi connectivity index (χ3v) is 7.74. The molecule has 2 heterocycles. The second-order valence-corrected chi connectivity index (χ2v) is 10.5. The SMILES string of the molecule is Cc1cc(C)cc(CNC(=O)c2csc(C3CCN(C(=O)NCCC4=CCCCC4)CC3)n2)c1. The van der Waals surface area contributed by atoms with Crippen molar-refractivity contribution < 1.29 is 9.59 Å². The van der Waals surface area contributed by atoms with E-state index in [0.717, 1.165) is 49.5 Å². The number of aromatic nitrogens is 1. The Bertz CT molecular complexity index is 1020.